The average molecular weight is 210 g/mol. The molecule has 0 amide bonds. The van der Waals surface area contributed by atoms with Crippen LogP contribution in [0.5, 0.6) is 0 Å². The molecule has 1 saturated carbocycles. The molecule has 0 aromatic carbocycles. The number of allylic oxidation sites excluding steroid dienone is 1. The van der Waals surface area contributed by atoms with Crippen LogP contribution in [0.15, 0.2) is 12.2 Å². The van der Waals surface area contributed by atoms with Crippen molar-refractivity contribution in [3.63, 3.8) is 0 Å². The molecule has 0 N–H and O–H groups in total. The van der Waals surface area contributed by atoms with Gasteiger partial charge in [-0.1, -0.05) is 19.1 Å². The van der Waals surface area contributed by atoms with E-state index in [0.717, 1.165) is 6.61 Å². The first-order valence-electron chi connectivity index (χ1n) is 5.62. The van der Waals surface area contributed by atoms with Crippen molar-refractivity contribution in [2.75, 3.05) is 20.8 Å². The zero-order valence-corrected chi connectivity index (χ0v) is 9.47. The Balaban J connectivity index is 1.89. The fourth-order valence-electron chi connectivity index (χ4n) is 3.66. The van der Waals surface area contributed by atoms with E-state index < -0.39 is 0 Å². The van der Waals surface area contributed by atoms with Gasteiger partial charge in [0.05, 0.1) is 6.61 Å². The van der Waals surface area contributed by atoms with Crippen molar-refractivity contribution in [2.45, 2.75) is 18.8 Å². The molecule has 84 valence electrons. The third kappa shape index (κ3) is 1.06. The van der Waals surface area contributed by atoms with Crippen LogP contribution in [0.1, 0.15) is 6.92 Å². The molecule has 0 aromatic heterocycles. The highest BCUT2D eigenvalue weighted by atomic mass is 16.7. The van der Waals surface area contributed by atoms with E-state index in [2.05, 4.69) is 19.1 Å². The molecular weight excluding hydrogens is 192 g/mol. The molecule has 2 bridgehead atoms. The van der Waals surface area contributed by atoms with Crippen LogP contribution in [0.25, 0.3) is 0 Å². The molecule has 15 heavy (non-hydrogen) atoms. The number of rotatable bonds is 3. The summed E-state index contributed by atoms with van der Waals surface area (Å²) in [6.45, 7) is 3.20. The highest BCUT2D eigenvalue weighted by Crippen LogP contribution is 2.62. The van der Waals surface area contributed by atoms with Crippen LogP contribution in [-0.2, 0) is 14.2 Å². The van der Waals surface area contributed by atoms with Gasteiger partial charge >= 0.3 is 0 Å². The molecule has 2 aliphatic carbocycles. The number of epoxide rings is 1. The number of hydrogen-bond acceptors (Lipinski definition) is 3. The maximum atomic E-state index is 5.71. The third-order valence-electron chi connectivity index (χ3n) is 4.57. The molecule has 2 fully saturated rings. The smallest absolute Gasteiger partial charge is 0.160 e. The Morgan fingerprint density at radius 2 is 2.00 bits per heavy atom. The van der Waals surface area contributed by atoms with Crippen molar-refractivity contribution in [1.82, 2.24) is 0 Å². The monoisotopic (exact) mass is 210 g/mol. The molecule has 3 heteroatoms. The summed E-state index contributed by atoms with van der Waals surface area (Å²) in [7, 11) is 3.44. The summed E-state index contributed by atoms with van der Waals surface area (Å²) >= 11 is 0. The van der Waals surface area contributed by atoms with Crippen molar-refractivity contribution in [1.29, 1.82) is 0 Å². The van der Waals surface area contributed by atoms with Crippen LogP contribution in [0, 0.1) is 23.7 Å². The summed E-state index contributed by atoms with van der Waals surface area (Å²) in [4.78, 5) is 0. The number of ether oxygens (including phenoxy) is 3. The first kappa shape index (κ1) is 9.82. The lowest BCUT2D eigenvalue weighted by Crippen LogP contribution is -2.31. The standard InChI is InChI=1S/C12H18O3/c1-7-8-4-5-9(12(7)6-15-12)10(8)11(13-2)14-3/h4-5,7-11H,6H2,1-3H3/t7-,8+,9+,10+,12?/m0/s1. The molecule has 1 saturated heterocycles. The number of fused-ring (bicyclic) bond motifs is 3. The molecule has 0 aromatic rings. The van der Waals surface area contributed by atoms with Crippen molar-refractivity contribution in [3.05, 3.63) is 12.2 Å². The molecule has 1 aliphatic heterocycles. The second kappa shape index (κ2) is 3.06. The van der Waals surface area contributed by atoms with Crippen molar-refractivity contribution < 1.29 is 14.2 Å². The fraction of sp³-hybridized carbons (Fsp3) is 0.833. The first-order chi connectivity index (χ1) is 7.24. The maximum Gasteiger partial charge on any atom is 0.160 e. The molecule has 1 spiro atoms. The number of methoxy groups -OCH3 is 2. The van der Waals surface area contributed by atoms with Gasteiger partial charge in [-0.15, -0.1) is 0 Å². The average Bonchev–Trinajstić information content (AvgIpc) is 2.88. The van der Waals surface area contributed by atoms with E-state index in [4.69, 9.17) is 14.2 Å². The molecule has 3 aliphatic rings. The number of hydrogen-bond donors (Lipinski definition) is 0. The Labute approximate surface area is 90.4 Å². The summed E-state index contributed by atoms with van der Waals surface area (Å²) < 4.78 is 16.5. The highest BCUT2D eigenvalue weighted by Gasteiger charge is 2.68. The molecule has 3 rings (SSSR count). The van der Waals surface area contributed by atoms with Crippen molar-refractivity contribution in [2.24, 2.45) is 23.7 Å². The van der Waals surface area contributed by atoms with Crippen molar-refractivity contribution >= 4 is 0 Å². The van der Waals surface area contributed by atoms with Gasteiger partial charge in [0.1, 0.15) is 5.60 Å². The van der Waals surface area contributed by atoms with Gasteiger partial charge in [0.2, 0.25) is 0 Å². The Bertz CT molecular complexity index is 291. The van der Waals surface area contributed by atoms with Crippen molar-refractivity contribution in [3.8, 4) is 0 Å². The van der Waals surface area contributed by atoms with Gasteiger partial charge in [0.15, 0.2) is 6.29 Å². The summed E-state index contributed by atoms with van der Waals surface area (Å²) in [5.74, 6) is 2.09. The zero-order chi connectivity index (χ0) is 10.6. The Kier molecular flexibility index (Phi) is 2.00. The summed E-state index contributed by atoms with van der Waals surface area (Å²) in [6.07, 6.45) is 4.52. The molecule has 1 unspecified atom stereocenters. The lowest BCUT2D eigenvalue weighted by atomic mass is 9.85. The molecule has 0 radical (unpaired) electrons. The van der Waals surface area contributed by atoms with E-state index in [1.807, 2.05) is 0 Å². The largest absolute Gasteiger partial charge is 0.369 e. The third-order valence-corrected chi connectivity index (χ3v) is 4.57. The second-order valence-electron chi connectivity index (χ2n) is 4.94. The SMILES string of the molecule is COC(OC)[C@@H]1[C@@H]2C=C[C@H]1C1(CO1)[C@H]2C. The summed E-state index contributed by atoms with van der Waals surface area (Å²) in [6, 6.07) is 0. The Morgan fingerprint density at radius 3 is 2.47 bits per heavy atom. The van der Waals surface area contributed by atoms with E-state index in [9.17, 15) is 0 Å². The maximum absolute atomic E-state index is 5.71. The van der Waals surface area contributed by atoms with Crippen LogP contribution in [0.4, 0.5) is 0 Å². The minimum Gasteiger partial charge on any atom is -0.369 e. The van der Waals surface area contributed by atoms with Gasteiger partial charge in [0.25, 0.3) is 0 Å². The highest BCUT2D eigenvalue weighted by molar-refractivity contribution is 5.27. The van der Waals surface area contributed by atoms with Gasteiger partial charge in [-0.3, -0.25) is 0 Å². The normalized spacial score (nSPS) is 50.9. The van der Waals surface area contributed by atoms with Gasteiger partial charge in [-0.2, -0.15) is 0 Å². The van der Waals surface area contributed by atoms with Gasteiger partial charge in [0, 0.05) is 26.1 Å². The van der Waals surface area contributed by atoms with E-state index in [1.165, 1.54) is 0 Å². The Hall–Kier alpha value is -0.380. The van der Waals surface area contributed by atoms with Gasteiger partial charge in [-0.05, 0) is 11.8 Å². The fourth-order valence-corrected chi connectivity index (χ4v) is 3.66. The molecule has 3 nitrogen and oxygen atoms in total. The summed E-state index contributed by atoms with van der Waals surface area (Å²) in [5.41, 5.74) is 0.124. The minimum absolute atomic E-state index is 0.0963. The lowest BCUT2D eigenvalue weighted by Gasteiger charge is -2.25. The topological polar surface area (TPSA) is 31.0 Å². The van der Waals surface area contributed by atoms with Gasteiger partial charge < -0.3 is 14.2 Å². The van der Waals surface area contributed by atoms with Crippen LogP contribution >= 0.6 is 0 Å². The zero-order valence-electron chi connectivity index (χ0n) is 9.47. The van der Waals surface area contributed by atoms with Crippen LogP contribution in [0.3, 0.4) is 0 Å². The van der Waals surface area contributed by atoms with E-state index in [0.29, 0.717) is 23.7 Å². The predicted octanol–water partition coefficient (Wildman–Crippen LogP) is 1.44. The predicted molar refractivity (Wildman–Crippen MR) is 55.3 cm³/mol. The van der Waals surface area contributed by atoms with Crippen LogP contribution < -0.4 is 0 Å². The molecular formula is C12H18O3. The molecule has 5 atom stereocenters. The second-order valence-corrected chi connectivity index (χ2v) is 4.94. The van der Waals surface area contributed by atoms with Crippen LogP contribution in [-0.4, -0.2) is 32.7 Å². The molecule has 1 heterocycles. The van der Waals surface area contributed by atoms with E-state index in [-0.39, 0.29) is 11.9 Å². The summed E-state index contributed by atoms with van der Waals surface area (Å²) in [5, 5.41) is 0. The first-order valence-corrected chi connectivity index (χ1v) is 5.62. The Morgan fingerprint density at radius 1 is 1.33 bits per heavy atom. The van der Waals surface area contributed by atoms with Crippen LogP contribution in [0.2, 0.25) is 0 Å². The minimum atomic E-state index is -0.0963. The van der Waals surface area contributed by atoms with Gasteiger partial charge in [-0.25, -0.2) is 0 Å². The lowest BCUT2D eigenvalue weighted by molar-refractivity contribution is -0.147. The quantitative estimate of drug-likeness (QED) is 0.401. The van der Waals surface area contributed by atoms with E-state index in [1.54, 1.807) is 14.2 Å². The van der Waals surface area contributed by atoms with E-state index >= 15 is 0 Å².